The van der Waals surface area contributed by atoms with Crippen LogP contribution < -0.4 is 0 Å². The zero-order chi connectivity index (χ0) is 18.5. The van der Waals surface area contributed by atoms with Crippen LogP contribution in [0.15, 0.2) is 0 Å². The molecule has 0 saturated carbocycles. The Bertz CT molecular complexity index is 446. The largest absolute Gasteiger partial charge is 0.338 e. The summed E-state index contributed by atoms with van der Waals surface area (Å²) >= 11 is 0. The van der Waals surface area contributed by atoms with Crippen molar-refractivity contribution in [2.24, 2.45) is 11.8 Å². The molecule has 0 aliphatic carbocycles. The molecular formula is C20H36N4O2. The molecule has 26 heavy (non-hydrogen) atoms. The molecule has 3 heterocycles. The van der Waals surface area contributed by atoms with Crippen molar-refractivity contribution in [3.05, 3.63) is 0 Å². The van der Waals surface area contributed by atoms with Gasteiger partial charge in [-0.3, -0.25) is 19.4 Å². The normalized spacial score (nSPS) is 29.0. The molecule has 6 heteroatoms. The molecule has 2 amide bonds. The minimum absolute atomic E-state index is 0.232. The summed E-state index contributed by atoms with van der Waals surface area (Å²) in [5.74, 6) is 1.86. The van der Waals surface area contributed by atoms with Crippen LogP contribution in [0, 0.1) is 11.8 Å². The third-order valence-corrected chi connectivity index (χ3v) is 6.19. The lowest BCUT2D eigenvalue weighted by Gasteiger charge is -2.38. The van der Waals surface area contributed by atoms with Crippen molar-refractivity contribution in [1.82, 2.24) is 19.6 Å². The molecular weight excluding hydrogens is 328 g/mol. The van der Waals surface area contributed by atoms with E-state index in [2.05, 4.69) is 23.6 Å². The Hall–Kier alpha value is -1.14. The number of hydrogen-bond donors (Lipinski definition) is 0. The Balaban J connectivity index is 1.39. The average Bonchev–Trinajstić information content (AvgIpc) is 2.62. The van der Waals surface area contributed by atoms with Crippen LogP contribution in [-0.2, 0) is 9.59 Å². The Kier molecular flexibility index (Phi) is 6.92. The van der Waals surface area contributed by atoms with Crippen molar-refractivity contribution in [3.8, 4) is 0 Å². The van der Waals surface area contributed by atoms with E-state index in [-0.39, 0.29) is 11.8 Å². The zero-order valence-electron chi connectivity index (χ0n) is 16.7. The van der Waals surface area contributed by atoms with E-state index in [4.69, 9.17) is 0 Å². The molecule has 0 spiro atoms. The maximum absolute atomic E-state index is 12.6. The molecule has 2 unspecified atom stereocenters. The van der Waals surface area contributed by atoms with Crippen LogP contribution in [0.5, 0.6) is 0 Å². The van der Waals surface area contributed by atoms with Gasteiger partial charge in [-0.1, -0.05) is 13.8 Å². The van der Waals surface area contributed by atoms with Crippen LogP contribution in [0.2, 0.25) is 0 Å². The molecule has 0 N–H and O–H groups in total. The Morgan fingerprint density at radius 1 is 0.692 bits per heavy atom. The number of rotatable bonds is 4. The van der Waals surface area contributed by atoms with Gasteiger partial charge in [-0.05, 0) is 50.6 Å². The minimum Gasteiger partial charge on any atom is -0.338 e. The monoisotopic (exact) mass is 364 g/mol. The summed E-state index contributed by atoms with van der Waals surface area (Å²) in [4.78, 5) is 33.6. The molecule has 3 aliphatic heterocycles. The van der Waals surface area contributed by atoms with Gasteiger partial charge in [0, 0.05) is 39.3 Å². The first kappa shape index (κ1) is 19.6. The highest BCUT2D eigenvalue weighted by molar-refractivity contribution is 5.80. The minimum atomic E-state index is 0.232. The van der Waals surface area contributed by atoms with Gasteiger partial charge in [0.2, 0.25) is 11.8 Å². The van der Waals surface area contributed by atoms with E-state index in [9.17, 15) is 9.59 Å². The summed E-state index contributed by atoms with van der Waals surface area (Å²) in [6.07, 6.45) is 4.96. The van der Waals surface area contributed by atoms with Gasteiger partial charge in [0.1, 0.15) is 0 Å². The van der Waals surface area contributed by atoms with Crippen LogP contribution in [0.3, 0.4) is 0 Å². The summed E-state index contributed by atoms with van der Waals surface area (Å²) in [5.41, 5.74) is 0. The Labute approximate surface area is 158 Å². The van der Waals surface area contributed by atoms with Gasteiger partial charge in [-0.25, -0.2) is 0 Å². The van der Waals surface area contributed by atoms with Gasteiger partial charge in [-0.15, -0.1) is 0 Å². The lowest BCUT2D eigenvalue weighted by atomic mass is 10.0. The van der Waals surface area contributed by atoms with Gasteiger partial charge in [0.05, 0.1) is 13.1 Å². The van der Waals surface area contributed by atoms with E-state index in [1.54, 1.807) is 0 Å². The van der Waals surface area contributed by atoms with Crippen molar-refractivity contribution in [3.63, 3.8) is 0 Å². The molecule has 148 valence electrons. The highest BCUT2D eigenvalue weighted by atomic mass is 16.2. The number of piperazine rings is 1. The van der Waals surface area contributed by atoms with Crippen LogP contribution in [0.1, 0.15) is 39.5 Å². The lowest BCUT2D eigenvalue weighted by Crippen LogP contribution is -2.55. The van der Waals surface area contributed by atoms with E-state index < -0.39 is 0 Å². The highest BCUT2D eigenvalue weighted by Crippen LogP contribution is 2.17. The first-order chi connectivity index (χ1) is 12.5. The van der Waals surface area contributed by atoms with Crippen molar-refractivity contribution >= 4 is 11.8 Å². The molecule has 3 saturated heterocycles. The van der Waals surface area contributed by atoms with E-state index in [1.807, 2.05) is 9.80 Å². The number of carbonyl (C=O) groups is 2. The van der Waals surface area contributed by atoms with Crippen molar-refractivity contribution < 1.29 is 9.59 Å². The summed E-state index contributed by atoms with van der Waals surface area (Å²) in [7, 11) is 0. The van der Waals surface area contributed by atoms with Crippen LogP contribution in [0.4, 0.5) is 0 Å². The molecule has 3 fully saturated rings. The van der Waals surface area contributed by atoms with Crippen LogP contribution in [-0.4, -0.2) is 96.9 Å². The second kappa shape index (κ2) is 9.18. The zero-order valence-corrected chi connectivity index (χ0v) is 16.7. The number of piperidine rings is 2. The maximum Gasteiger partial charge on any atom is 0.236 e. The molecule has 0 aromatic rings. The Morgan fingerprint density at radius 3 is 1.42 bits per heavy atom. The number of amides is 2. The number of hydrogen-bond acceptors (Lipinski definition) is 4. The van der Waals surface area contributed by atoms with E-state index >= 15 is 0 Å². The Morgan fingerprint density at radius 2 is 1.08 bits per heavy atom. The smallest absolute Gasteiger partial charge is 0.236 e. The van der Waals surface area contributed by atoms with Crippen LogP contribution in [0.25, 0.3) is 0 Å². The summed E-state index contributed by atoms with van der Waals surface area (Å²) < 4.78 is 0. The fraction of sp³-hybridized carbons (Fsp3) is 0.900. The number of likely N-dealkylation sites (tertiary alicyclic amines) is 2. The first-order valence-corrected chi connectivity index (χ1v) is 10.5. The molecule has 0 aromatic carbocycles. The molecule has 0 aromatic heterocycles. The fourth-order valence-corrected chi connectivity index (χ4v) is 4.65. The molecule has 2 atom stereocenters. The SMILES string of the molecule is CC1CCCN(CC(=O)N2CCN(C(=O)CN3CCCC(C)C3)CC2)C1. The second-order valence-corrected chi connectivity index (χ2v) is 8.73. The van der Waals surface area contributed by atoms with Gasteiger partial charge in [0.15, 0.2) is 0 Å². The van der Waals surface area contributed by atoms with Gasteiger partial charge < -0.3 is 9.80 Å². The predicted molar refractivity (Wildman–Crippen MR) is 103 cm³/mol. The second-order valence-electron chi connectivity index (χ2n) is 8.73. The first-order valence-electron chi connectivity index (χ1n) is 10.5. The topological polar surface area (TPSA) is 47.1 Å². The fourth-order valence-electron chi connectivity index (χ4n) is 4.65. The van der Waals surface area contributed by atoms with Crippen molar-refractivity contribution in [2.75, 3.05) is 65.4 Å². The summed E-state index contributed by atoms with van der Waals surface area (Å²) in [6, 6.07) is 0. The molecule has 3 aliphatic rings. The average molecular weight is 365 g/mol. The van der Waals surface area contributed by atoms with E-state index in [0.717, 1.165) is 26.2 Å². The lowest BCUT2D eigenvalue weighted by molar-refractivity contribution is -0.141. The summed E-state index contributed by atoms with van der Waals surface area (Å²) in [6.45, 7) is 12.5. The van der Waals surface area contributed by atoms with Crippen molar-refractivity contribution in [2.45, 2.75) is 39.5 Å². The third kappa shape index (κ3) is 5.43. The number of carbonyl (C=O) groups excluding carboxylic acids is 2. The molecule has 3 rings (SSSR count). The molecule has 0 radical (unpaired) electrons. The quantitative estimate of drug-likeness (QED) is 0.750. The van der Waals surface area contributed by atoms with Gasteiger partial charge in [-0.2, -0.15) is 0 Å². The highest BCUT2D eigenvalue weighted by Gasteiger charge is 2.28. The molecule has 6 nitrogen and oxygen atoms in total. The number of nitrogens with zero attached hydrogens (tertiary/aromatic N) is 4. The molecule has 0 bridgehead atoms. The van der Waals surface area contributed by atoms with Gasteiger partial charge >= 0.3 is 0 Å². The third-order valence-electron chi connectivity index (χ3n) is 6.19. The maximum atomic E-state index is 12.6. The summed E-state index contributed by atoms with van der Waals surface area (Å²) in [5, 5.41) is 0. The van der Waals surface area contributed by atoms with E-state index in [0.29, 0.717) is 51.1 Å². The van der Waals surface area contributed by atoms with Gasteiger partial charge in [0.25, 0.3) is 0 Å². The van der Waals surface area contributed by atoms with Crippen LogP contribution >= 0.6 is 0 Å². The predicted octanol–water partition coefficient (Wildman–Crippen LogP) is 1.12. The van der Waals surface area contributed by atoms with E-state index in [1.165, 1.54) is 25.7 Å². The van der Waals surface area contributed by atoms with Crippen molar-refractivity contribution in [1.29, 1.82) is 0 Å². The standard InChI is InChI=1S/C20H36N4O2/c1-17-5-3-7-21(13-17)15-19(25)23-9-11-24(12-10-23)20(26)16-22-8-4-6-18(2)14-22/h17-18H,3-16H2,1-2H3.